The van der Waals surface area contributed by atoms with Gasteiger partial charge < -0.3 is 4.79 Å². The van der Waals surface area contributed by atoms with Crippen molar-refractivity contribution < 1.29 is 13.2 Å². The van der Waals surface area contributed by atoms with Crippen LogP contribution in [-0.4, -0.2) is 19.5 Å². The number of ketones is 1. The van der Waals surface area contributed by atoms with E-state index in [9.17, 15) is 13.2 Å². The van der Waals surface area contributed by atoms with Crippen molar-refractivity contribution in [2.75, 3.05) is 0 Å². The molecule has 13 heavy (non-hydrogen) atoms. The summed E-state index contributed by atoms with van der Waals surface area (Å²) in [5.74, 6) is -0.202. The first-order chi connectivity index (χ1) is 5.79. The average Bonchev–Trinajstić information content (AvgIpc) is 1.82. The minimum absolute atomic E-state index is 0.00500. The van der Waals surface area contributed by atoms with Gasteiger partial charge >= 0.3 is 0 Å². The summed E-state index contributed by atoms with van der Waals surface area (Å²) in [7, 11) is -3.51. The molecule has 0 radical (unpaired) electrons. The highest BCUT2D eigenvalue weighted by atomic mass is 32.2. The summed E-state index contributed by atoms with van der Waals surface area (Å²) in [4.78, 5) is 10.8. The molecule has 0 fully saturated rings. The minimum atomic E-state index is -3.51. The minimum Gasteiger partial charge on any atom is -0.300 e. The van der Waals surface area contributed by atoms with Crippen LogP contribution in [0.3, 0.4) is 0 Å². The van der Waals surface area contributed by atoms with Crippen molar-refractivity contribution in [1.29, 1.82) is 0 Å². The molecule has 0 aliphatic rings. The number of hydrogen-bond donors (Lipinski definition) is 1. The van der Waals surface area contributed by atoms with E-state index in [2.05, 4.69) is 0 Å². The van der Waals surface area contributed by atoms with Crippen LogP contribution in [0.2, 0.25) is 0 Å². The lowest BCUT2D eigenvalue weighted by molar-refractivity contribution is -0.117. The molecule has 0 heterocycles. The van der Waals surface area contributed by atoms with Crippen LogP contribution < -0.4 is 5.14 Å². The first-order valence-corrected chi connectivity index (χ1v) is 5.91. The molecule has 0 saturated carbocycles. The summed E-state index contributed by atoms with van der Waals surface area (Å²) in [5.41, 5.74) is 0. The van der Waals surface area contributed by atoms with Crippen molar-refractivity contribution in [3.8, 4) is 0 Å². The Hall–Kier alpha value is -0.420. The smallest absolute Gasteiger partial charge is 0.212 e. The van der Waals surface area contributed by atoms with Crippen molar-refractivity contribution in [2.24, 2.45) is 11.1 Å². The predicted molar refractivity (Wildman–Crippen MR) is 51.6 cm³/mol. The van der Waals surface area contributed by atoms with Gasteiger partial charge in [-0.25, -0.2) is 13.6 Å². The number of Topliss-reactive ketones (excluding diaryl/α,β-unsaturated/α-hetero) is 1. The summed E-state index contributed by atoms with van der Waals surface area (Å²) in [5, 5.41) is 4.43. The van der Waals surface area contributed by atoms with Crippen molar-refractivity contribution in [3.05, 3.63) is 0 Å². The maximum absolute atomic E-state index is 11.1. The molecule has 5 heteroatoms. The standard InChI is InChI=1S/C8H17NO3S/c1-4-8(13(9,11)12)6(2)5-7(3)10/h6,8H,4-5H2,1-3H3,(H2,9,11,12). The van der Waals surface area contributed by atoms with E-state index >= 15 is 0 Å². The van der Waals surface area contributed by atoms with Gasteiger partial charge in [0, 0.05) is 6.42 Å². The van der Waals surface area contributed by atoms with Crippen LogP contribution in [0.25, 0.3) is 0 Å². The lowest BCUT2D eigenvalue weighted by Gasteiger charge is -2.18. The van der Waals surface area contributed by atoms with E-state index < -0.39 is 15.3 Å². The number of primary sulfonamides is 1. The number of hydrogen-bond acceptors (Lipinski definition) is 3. The van der Waals surface area contributed by atoms with E-state index in [0.29, 0.717) is 6.42 Å². The summed E-state index contributed by atoms with van der Waals surface area (Å²) in [6, 6.07) is 0. The number of sulfonamides is 1. The van der Waals surface area contributed by atoms with Crippen LogP contribution in [0, 0.1) is 5.92 Å². The zero-order chi connectivity index (χ0) is 10.6. The number of nitrogens with two attached hydrogens (primary N) is 1. The van der Waals surface area contributed by atoms with E-state index in [-0.39, 0.29) is 18.1 Å². The fraction of sp³-hybridized carbons (Fsp3) is 0.875. The molecular formula is C8H17NO3S. The molecule has 0 rings (SSSR count). The average molecular weight is 207 g/mol. The molecule has 0 aromatic heterocycles. The van der Waals surface area contributed by atoms with Crippen LogP contribution in [0.4, 0.5) is 0 Å². The molecule has 0 aromatic carbocycles. The highest BCUT2D eigenvalue weighted by molar-refractivity contribution is 7.89. The molecule has 0 amide bonds. The third-order valence-corrected chi connectivity index (χ3v) is 3.71. The van der Waals surface area contributed by atoms with E-state index in [4.69, 9.17) is 5.14 Å². The molecule has 2 N–H and O–H groups in total. The van der Waals surface area contributed by atoms with E-state index in [1.165, 1.54) is 6.92 Å². The van der Waals surface area contributed by atoms with E-state index in [1.807, 2.05) is 0 Å². The van der Waals surface area contributed by atoms with Gasteiger partial charge in [-0.3, -0.25) is 0 Å². The molecule has 0 aromatic rings. The van der Waals surface area contributed by atoms with Gasteiger partial charge in [-0.2, -0.15) is 0 Å². The molecular weight excluding hydrogens is 190 g/mol. The molecule has 4 nitrogen and oxygen atoms in total. The second-order valence-corrected chi connectivity index (χ2v) is 5.20. The summed E-state index contributed by atoms with van der Waals surface area (Å²) in [6.45, 7) is 4.94. The van der Waals surface area contributed by atoms with Crippen LogP contribution in [0.5, 0.6) is 0 Å². The van der Waals surface area contributed by atoms with Crippen LogP contribution in [0.1, 0.15) is 33.6 Å². The molecule has 2 unspecified atom stereocenters. The monoisotopic (exact) mass is 207 g/mol. The Bertz CT molecular complexity index is 271. The van der Waals surface area contributed by atoms with E-state index in [0.717, 1.165) is 0 Å². The van der Waals surface area contributed by atoms with Crippen molar-refractivity contribution in [3.63, 3.8) is 0 Å². The number of carbonyl (C=O) groups excluding carboxylic acids is 1. The van der Waals surface area contributed by atoms with Crippen molar-refractivity contribution in [2.45, 2.75) is 38.9 Å². The Kier molecular flexibility index (Phi) is 4.56. The lowest BCUT2D eigenvalue weighted by Crippen LogP contribution is -2.34. The second-order valence-electron chi connectivity index (χ2n) is 3.42. The van der Waals surface area contributed by atoms with Gasteiger partial charge in [0.15, 0.2) is 0 Å². The predicted octanol–water partition coefficient (Wildman–Crippen LogP) is 0.669. The Balaban J connectivity index is 4.51. The first-order valence-electron chi connectivity index (χ1n) is 4.30. The Morgan fingerprint density at radius 2 is 1.92 bits per heavy atom. The normalized spacial score (nSPS) is 16.6. The van der Waals surface area contributed by atoms with Gasteiger partial charge in [-0.05, 0) is 19.3 Å². The maximum atomic E-state index is 11.1. The van der Waals surface area contributed by atoms with Crippen molar-refractivity contribution >= 4 is 15.8 Å². The fourth-order valence-electron chi connectivity index (χ4n) is 1.54. The third kappa shape index (κ3) is 4.38. The first kappa shape index (κ1) is 12.6. The highest BCUT2D eigenvalue weighted by Crippen LogP contribution is 2.17. The van der Waals surface area contributed by atoms with Crippen molar-refractivity contribution in [1.82, 2.24) is 0 Å². The Morgan fingerprint density at radius 3 is 2.15 bits per heavy atom. The maximum Gasteiger partial charge on any atom is 0.212 e. The summed E-state index contributed by atoms with van der Waals surface area (Å²) in [6.07, 6.45) is 0.724. The SMILES string of the molecule is CCC(C(C)CC(C)=O)S(N)(=O)=O. The van der Waals surface area contributed by atoms with Crippen LogP contribution in [0.15, 0.2) is 0 Å². The van der Waals surface area contributed by atoms with Crippen LogP contribution in [-0.2, 0) is 14.8 Å². The highest BCUT2D eigenvalue weighted by Gasteiger charge is 2.26. The second kappa shape index (κ2) is 4.72. The van der Waals surface area contributed by atoms with Gasteiger partial charge in [0.05, 0.1) is 5.25 Å². The summed E-state index contributed by atoms with van der Waals surface area (Å²) < 4.78 is 22.1. The Morgan fingerprint density at radius 1 is 1.46 bits per heavy atom. The van der Waals surface area contributed by atoms with Gasteiger partial charge in [-0.1, -0.05) is 13.8 Å². The van der Waals surface area contributed by atoms with Crippen LogP contribution >= 0.6 is 0 Å². The molecule has 0 bridgehead atoms. The fourth-order valence-corrected chi connectivity index (χ4v) is 2.75. The number of carbonyl (C=O) groups is 1. The van der Waals surface area contributed by atoms with Gasteiger partial charge in [0.2, 0.25) is 10.0 Å². The molecule has 0 aliphatic heterocycles. The molecule has 0 spiro atoms. The largest absolute Gasteiger partial charge is 0.300 e. The van der Waals surface area contributed by atoms with E-state index in [1.54, 1.807) is 13.8 Å². The van der Waals surface area contributed by atoms with Gasteiger partial charge in [-0.15, -0.1) is 0 Å². The number of rotatable bonds is 5. The zero-order valence-corrected chi connectivity index (χ0v) is 9.10. The lowest BCUT2D eigenvalue weighted by atomic mass is 10.00. The molecule has 0 aliphatic carbocycles. The molecule has 78 valence electrons. The zero-order valence-electron chi connectivity index (χ0n) is 8.28. The topological polar surface area (TPSA) is 77.2 Å². The summed E-state index contributed by atoms with van der Waals surface area (Å²) >= 11 is 0. The van der Waals surface area contributed by atoms with Gasteiger partial charge in [0.25, 0.3) is 0 Å². The Labute approximate surface area is 79.6 Å². The van der Waals surface area contributed by atoms with Gasteiger partial charge in [0.1, 0.15) is 5.78 Å². The molecule has 2 atom stereocenters. The molecule has 0 saturated heterocycles. The third-order valence-electron chi connectivity index (χ3n) is 2.07. The quantitative estimate of drug-likeness (QED) is 0.719.